The Balaban J connectivity index is 2.21. The molecule has 2 rings (SSSR count). The van der Waals surface area contributed by atoms with Gasteiger partial charge in [-0.15, -0.1) is 0 Å². The maximum atomic E-state index is 11.9. The Hall–Kier alpha value is -1.43. The van der Waals surface area contributed by atoms with Gasteiger partial charge in [0.25, 0.3) is 0 Å². The summed E-state index contributed by atoms with van der Waals surface area (Å²) < 4.78 is 37.3. The molecule has 106 valence electrons. The van der Waals surface area contributed by atoms with E-state index in [9.17, 15) is 8.42 Å². The molecule has 0 aromatic heterocycles. The molecule has 19 heavy (non-hydrogen) atoms. The van der Waals surface area contributed by atoms with Crippen LogP contribution in [-0.4, -0.2) is 27.4 Å². The van der Waals surface area contributed by atoms with Crippen LogP contribution in [0.1, 0.15) is 25.3 Å². The maximum Gasteiger partial charge on any atom is 0.232 e. The number of ether oxygens (including phenoxy) is 2. The fourth-order valence-electron chi connectivity index (χ4n) is 1.85. The van der Waals surface area contributed by atoms with Crippen molar-refractivity contribution in [2.45, 2.75) is 26.7 Å². The maximum absolute atomic E-state index is 11.9. The first-order valence-electron chi connectivity index (χ1n) is 6.42. The van der Waals surface area contributed by atoms with Crippen LogP contribution in [0.2, 0.25) is 0 Å². The molecule has 0 atom stereocenters. The van der Waals surface area contributed by atoms with Crippen LogP contribution in [0.4, 0.5) is 5.69 Å². The molecule has 5 nitrogen and oxygen atoms in total. The van der Waals surface area contributed by atoms with Gasteiger partial charge in [-0.1, -0.05) is 13.3 Å². The van der Waals surface area contributed by atoms with Crippen LogP contribution < -0.4 is 14.2 Å². The third-order valence-corrected chi connectivity index (χ3v) is 4.28. The number of sulfonamides is 1. The molecule has 0 radical (unpaired) electrons. The molecule has 1 aromatic carbocycles. The Bertz CT molecular complexity index is 554. The van der Waals surface area contributed by atoms with Gasteiger partial charge >= 0.3 is 0 Å². The highest BCUT2D eigenvalue weighted by Crippen LogP contribution is 2.35. The van der Waals surface area contributed by atoms with Crippen LogP contribution in [0.15, 0.2) is 12.1 Å². The van der Waals surface area contributed by atoms with Crippen LogP contribution >= 0.6 is 0 Å². The van der Waals surface area contributed by atoms with Crippen LogP contribution in [0, 0.1) is 6.92 Å². The van der Waals surface area contributed by atoms with Crippen molar-refractivity contribution in [2.75, 3.05) is 23.7 Å². The van der Waals surface area contributed by atoms with Crippen molar-refractivity contribution in [2.24, 2.45) is 0 Å². The zero-order valence-corrected chi connectivity index (χ0v) is 12.0. The molecule has 0 saturated carbocycles. The van der Waals surface area contributed by atoms with Gasteiger partial charge in [0.15, 0.2) is 11.5 Å². The Kier molecular flexibility index (Phi) is 4.19. The summed E-state index contributed by atoms with van der Waals surface area (Å²) in [4.78, 5) is 0. The SMILES string of the molecule is CCCCS(=O)(=O)Nc1cc2c(cc1C)OCCO2. The van der Waals surface area contributed by atoms with E-state index in [4.69, 9.17) is 9.47 Å². The van der Waals surface area contributed by atoms with Crippen molar-refractivity contribution < 1.29 is 17.9 Å². The van der Waals surface area contributed by atoms with Crippen molar-refractivity contribution in [3.8, 4) is 11.5 Å². The normalized spacial score (nSPS) is 14.2. The number of hydrogen-bond acceptors (Lipinski definition) is 4. The van der Waals surface area contributed by atoms with Gasteiger partial charge in [0, 0.05) is 6.07 Å². The van der Waals surface area contributed by atoms with Gasteiger partial charge in [0.05, 0.1) is 11.4 Å². The second-order valence-electron chi connectivity index (χ2n) is 4.59. The standard InChI is InChI=1S/C13H19NO4S/c1-3-4-7-19(15,16)14-11-9-13-12(8-10(11)2)17-5-6-18-13/h8-9,14H,3-7H2,1-2H3. The zero-order chi connectivity index (χ0) is 13.9. The van der Waals surface area contributed by atoms with E-state index in [0.29, 0.717) is 36.8 Å². The monoisotopic (exact) mass is 285 g/mol. The summed E-state index contributed by atoms with van der Waals surface area (Å²) >= 11 is 0. The Labute approximate surface area is 114 Å². The molecule has 0 amide bonds. The molecule has 1 aromatic rings. The molecule has 0 fully saturated rings. The van der Waals surface area contributed by atoms with Gasteiger partial charge in [-0.3, -0.25) is 4.72 Å². The average molecular weight is 285 g/mol. The minimum Gasteiger partial charge on any atom is -0.486 e. The predicted octanol–water partition coefficient (Wildman–Crippen LogP) is 2.31. The van der Waals surface area contributed by atoms with Crippen molar-refractivity contribution in [3.63, 3.8) is 0 Å². The molecule has 6 heteroatoms. The molecule has 0 bridgehead atoms. The summed E-state index contributed by atoms with van der Waals surface area (Å²) in [7, 11) is -3.29. The summed E-state index contributed by atoms with van der Waals surface area (Å²) in [5, 5.41) is 0. The van der Waals surface area contributed by atoms with E-state index in [1.54, 1.807) is 12.1 Å². The molecule has 1 aliphatic heterocycles. The zero-order valence-electron chi connectivity index (χ0n) is 11.2. The van der Waals surface area contributed by atoms with Crippen LogP contribution in [0.3, 0.4) is 0 Å². The largest absolute Gasteiger partial charge is 0.486 e. The fraction of sp³-hybridized carbons (Fsp3) is 0.538. The molecule has 1 N–H and O–H groups in total. The summed E-state index contributed by atoms with van der Waals surface area (Å²) in [5.41, 5.74) is 1.38. The van der Waals surface area contributed by atoms with Crippen molar-refractivity contribution >= 4 is 15.7 Å². The van der Waals surface area contributed by atoms with E-state index in [1.807, 2.05) is 13.8 Å². The third kappa shape index (κ3) is 3.53. The van der Waals surface area contributed by atoms with Gasteiger partial charge in [-0.05, 0) is 25.0 Å². The first-order valence-corrected chi connectivity index (χ1v) is 8.08. The molecule has 0 spiro atoms. The molecular weight excluding hydrogens is 266 g/mol. The Morgan fingerprint density at radius 3 is 2.47 bits per heavy atom. The lowest BCUT2D eigenvalue weighted by molar-refractivity contribution is 0.171. The van der Waals surface area contributed by atoms with E-state index >= 15 is 0 Å². The fourth-order valence-corrected chi connectivity index (χ4v) is 3.18. The van der Waals surface area contributed by atoms with E-state index in [-0.39, 0.29) is 5.75 Å². The lowest BCUT2D eigenvalue weighted by Crippen LogP contribution is -2.19. The van der Waals surface area contributed by atoms with E-state index < -0.39 is 10.0 Å². The molecule has 1 heterocycles. The lowest BCUT2D eigenvalue weighted by atomic mass is 10.2. The smallest absolute Gasteiger partial charge is 0.232 e. The van der Waals surface area contributed by atoms with Gasteiger partial charge in [0.1, 0.15) is 13.2 Å². The average Bonchev–Trinajstić information content (AvgIpc) is 2.37. The highest BCUT2D eigenvalue weighted by molar-refractivity contribution is 7.92. The number of aryl methyl sites for hydroxylation is 1. The summed E-state index contributed by atoms with van der Waals surface area (Å²) in [6.07, 6.45) is 1.50. The van der Waals surface area contributed by atoms with E-state index in [0.717, 1.165) is 12.0 Å². The quantitative estimate of drug-likeness (QED) is 0.901. The van der Waals surface area contributed by atoms with Crippen molar-refractivity contribution in [3.05, 3.63) is 17.7 Å². The highest BCUT2D eigenvalue weighted by Gasteiger charge is 2.17. The third-order valence-electron chi connectivity index (χ3n) is 2.92. The van der Waals surface area contributed by atoms with Crippen molar-refractivity contribution in [1.29, 1.82) is 0 Å². The molecule has 1 aliphatic rings. The minimum atomic E-state index is -3.29. The number of anilines is 1. The summed E-state index contributed by atoms with van der Waals surface area (Å²) in [6.45, 7) is 4.81. The predicted molar refractivity (Wildman–Crippen MR) is 74.5 cm³/mol. The highest BCUT2D eigenvalue weighted by atomic mass is 32.2. The second kappa shape index (κ2) is 5.69. The van der Waals surface area contributed by atoms with Crippen LogP contribution in [0.5, 0.6) is 11.5 Å². The number of benzene rings is 1. The van der Waals surface area contributed by atoms with Gasteiger partial charge < -0.3 is 9.47 Å². The molecular formula is C13H19NO4S. The summed E-state index contributed by atoms with van der Waals surface area (Å²) in [6, 6.07) is 3.49. The molecule has 0 saturated heterocycles. The van der Waals surface area contributed by atoms with Gasteiger partial charge in [0.2, 0.25) is 10.0 Å². The molecule has 0 aliphatic carbocycles. The van der Waals surface area contributed by atoms with E-state index in [1.165, 1.54) is 0 Å². The first kappa shape index (κ1) is 14.0. The van der Waals surface area contributed by atoms with Crippen LogP contribution in [0.25, 0.3) is 0 Å². The molecule has 0 unspecified atom stereocenters. The Morgan fingerprint density at radius 1 is 1.21 bits per heavy atom. The second-order valence-corrected chi connectivity index (χ2v) is 6.43. The first-order chi connectivity index (χ1) is 9.02. The number of unbranched alkanes of at least 4 members (excludes halogenated alkanes) is 1. The number of rotatable bonds is 5. The summed E-state index contributed by atoms with van der Waals surface area (Å²) in [5.74, 6) is 1.39. The van der Waals surface area contributed by atoms with Gasteiger partial charge in [-0.2, -0.15) is 0 Å². The van der Waals surface area contributed by atoms with Gasteiger partial charge in [-0.25, -0.2) is 8.42 Å². The minimum absolute atomic E-state index is 0.136. The number of fused-ring (bicyclic) bond motifs is 1. The van der Waals surface area contributed by atoms with Crippen LogP contribution in [-0.2, 0) is 10.0 Å². The Morgan fingerprint density at radius 2 is 1.84 bits per heavy atom. The lowest BCUT2D eigenvalue weighted by Gasteiger charge is -2.20. The van der Waals surface area contributed by atoms with E-state index in [2.05, 4.69) is 4.72 Å². The topological polar surface area (TPSA) is 64.6 Å². The number of nitrogens with one attached hydrogen (secondary N) is 1. The van der Waals surface area contributed by atoms with Crippen molar-refractivity contribution in [1.82, 2.24) is 0 Å². The number of hydrogen-bond donors (Lipinski definition) is 1.